The second-order valence-corrected chi connectivity index (χ2v) is 10.2. The Morgan fingerprint density at radius 2 is 1.56 bits per heavy atom. The number of carbonyl (C=O) groups is 1. The van der Waals surface area contributed by atoms with Crippen molar-refractivity contribution in [2.24, 2.45) is 11.8 Å². The molecule has 1 amide bonds. The summed E-state index contributed by atoms with van der Waals surface area (Å²) in [6.45, 7) is 9.31. The molecule has 34 heavy (non-hydrogen) atoms. The van der Waals surface area contributed by atoms with E-state index < -0.39 is 0 Å². The average molecular weight is 467 g/mol. The van der Waals surface area contributed by atoms with Crippen LogP contribution in [0.5, 0.6) is 0 Å². The SMILES string of the molecule is Cc1c(N2CCC(C(=O)N3CCCCCC3)CC2)c(=O)n(CC(C)C)c(=O)n1-c1ccccc1. The summed E-state index contributed by atoms with van der Waals surface area (Å²) >= 11 is 0. The predicted molar refractivity (Wildman–Crippen MR) is 136 cm³/mol. The molecule has 0 aliphatic carbocycles. The van der Waals surface area contributed by atoms with E-state index in [1.165, 1.54) is 17.4 Å². The van der Waals surface area contributed by atoms with Crippen LogP contribution in [0.3, 0.4) is 0 Å². The van der Waals surface area contributed by atoms with Crippen molar-refractivity contribution in [3.63, 3.8) is 0 Å². The Morgan fingerprint density at radius 1 is 0.941 bits per heavy atom. The van der Waals surface area contributed by atoms with E-state index in [-0.39, 0.29) is 29.0 Å². The fraction of sp³-hybridized carbons (Fsp3) is 0.593. The molecule has 0 unspecified atom stereocenters. The van der Waals surface area contributed by atoms with E-state index in [1.807, 2.05) is 51.1 Å². The van der Waals surface area contributed by atoms with Crippen molar-refractivity contribution in [1.82, 2.24) is 14.0 Å². The normalized spacial score (nSPS) is 17.8. The molecule has 2 fully saturated rings. The van der Waals surface area contributed by atoms with Gasteiger partial charge in [0, 0.05) is 38.6 Å². The zero-order valence-electron chi connectivity index (χ0n) is 20.8. The van der Waals surface area contributed by atoms with E-state index in [1.54, 1.807) is 4.57 Å². The number of anilines is 1. The third-order valence-electron chi connectivity index (χ3n) is 7.19. The smallest absolute Gasteiger partial charge is 0.335 e. The molecule has 2 aromatic rings. The maximum Gasteiger partial charge on any atom is 0.335 e. The summed E-state index contributed by atoms with van der Waals surface area (Å²) in [4.78, 5) is 44.2. The first-order chi connectivity index (χ1) is 16.4. The zero-order valence-corrected chi connectivity index (χ0v) is 20.8. The average Bonchev–Trinajstić information content (AvgIpc) is 3.12. The van der Waals surface area contributed by atoms with Crippen molar-refractivity contribution in [2.75, 3.05) is 31.1 Å². The van der Waals surface area contributed by atoms with Gasteiger partial charge in [0.25, 0.3) is 5.56 Å². The standard InChI is InChI=1S/C27H38N4O3/c1-20(2)19-30-26(33)24(21(3)31(27(30)34)23-11-7-6-8-12-23)28-17-13-22(14-18-28)25(32)29-15-9-4-5-10-16-29/h6-8,11-12,20,22H,4-5,9-10,13-19H2,1-3H3. The van der Waals surface area contributed by atoms with E-state index in [0.29, 0.717) is 31.0 Å². The summed E-state index contributed by atoms with van der Waals surface area (Å²) < 4.78 is 3.04. The van der Waals surface area contributed by atoms with E-state index in [4.69, 9.17) is 0 Å². The van der Waals surface area contributed by atoms with Crippen LogP contribution in [0, 0.1) is 18.8 Å². The Labute approximate surface area is 202 Å². The van der Waals surface area contributed by atoms with Gasteiger partial charge in [0.1, 0.15) is 5.69 Å². The monoisotopic (exact) mass is 466 g/mol. The lowest BCUT2D eigenvalue weighted by molar-refractivity contribution is -0.136. The van der Waals surface area contributed by atoms with Crippen LogP contribution in [0.15, 0.2) is 39.9 Å². The largest absolute Gasteiger partial charge is 0.366 e. The maximum absolute atomic E-state index is 13.6. The Bertz CT molecular complexity index is 1100. The molecule has 2 saturated heterocycles. The van der Waals surface area contributed by atoms with Crippen LogP contribution in [0.25, 0.3) is 5.69 Å². The second kappa shape index (κ2) is 10.6. The Hall–Kier alpha value is -2.83. The Balaban J connectivity index is 1.63. The third kappa shape index (κ3) is 4.98. The minimum Gasteiger partial charge on any atom is -0.366 e. The van der Waals surface area contributed by atoms with Crippen molar-refractivity contribution in [2.45, 2.75) is 65.8 Å². The number of amides is 1. The molecule has 0 N–H and O–H groups in total. The molecule has 1 aromatic heterocycles. The highest BCUT2D eigenvalue weighted by atomic mass is 16.2. The van der Waals surface area contributed by atoms with Crippen LogP contribution in [0.1, 0.15) is 58.1 Å². The van der Waals surface area contributed by atoms with Crippen LogP contribution in [-0.4, -0.2) is 46.1 Å². The molecule has 0 spiro atoms. The summed E-state index contributed by atoms with van der Waals surface area (Å²) in [5, 5.41) is 0. The number of hydrogen-bond donors (Lipinski definition) is 0. The summed E-state index contributed by atoms with van der Waals surface area (Å²) in [5.41, 5.74) is 1.50. The number of likely N-dealkylation sites (tertiary alicyclic amines) is 1. The topological polar surface area (TPSA) is 67.6 Å². The predicted octanol–water partition coefficient (Wildman–Crippen LogP) is 3.58. The van der Waals surface area contributed by atoms with Gasteiger partial charge in [-0.2, -0.15) is 0 Å². The van der Waals surface area contributed by atoms with Gasteiger partial charge in [-0.3, -0.25) is 18.7 Å². The van der Waals surface area contributed by atoms with Gasteiger partial charge in [-0.25, -0.2) is 4.79 Å². The van der Waals surface area contributed by atoms with Crippen molar-refractivity contribution in [1.29, 1.82) is 0 Å². The van der Waals surface area contributed by atoms with Crippen LogP contribution in [-0.2, 0) is 11.3 Å². The first kappa shape index (κ1) is 24.3. The third-order valence-corrected chi connectivity index (χ3v) is 7.19. The van der Waals surface area contributed by atoms with Gasteiger partial charge in [0.15, 0.2) is 0 Å². The van der Waals surface area contributed by atoms with E-state index in [2.05, 4.69) is 9.80 Å². The van der Waals surface area contributed by atoms with Gasteiger partial charge >= 0.3 is 5.69 Å². The van der Waals surface area contributed by atoms with Gasteiger partial charge < -0.3 is 9.80 Å². The summed E-state index contributed by atoms with van der Waals surface area (Å²) in [6, 6.07) is 9.52. The van der Waals surface area contributed by atoms with Gasteiger partial charge in [0.05, 0.1) is 11.4 Å². The van der Waals surface area contributed by atoms with Crippen molar-refractivity contribution in [3.05, 3.63) is 56.9 Å². The van der Waals surface area contributed by atoms with Crippen molar-refractivity contribution < 1.29 is 4.79 Å². The molecule has 3 heterocycles. The Morgan fingerprint density at radius 3 is 2.15 bits per heavy atom. The minimum atomic E-state index is -0.294. The van der Waals surface area contributed by atoms with E-state index in [9.17, 15) is 14.4 Å². The fourth-order valence-corrected chi connectivity index (χ4v) is 5.41. The Kier molecular flexibility index (Phi) is 7.59. The molecule has 4 rings (SSSR count). The quantitative estimate of drug-likeness (QED) is 0.676. The van der Waals surface area contributed by atoms with Gasteiger partial charge in [-0.05, 0) is 50.7 Å². The number of benzene rings is 1. The van der Waals surface area contributed by atoms with Gasteiger partial charge in [0.2, 0.25) is 5.91 Å². The van der Waals surface area contributed by atoms with Crippen LogP contribution < -0.4 is 16.1 Å². The van der Waals surface area contributed by atoms with Crippen LogP contribution in [0.4, 0.5) is 5.69 Å². The summed E-state index contributed by atoms with van der Waals surface area (Å²) in [5.74, 6) is 0.472. The molecule has 2 aliphatic heterocycles. The molecular weight excluding hydrogens is 428 g/mol. The number of nitrogens with zero attached hydrogens (tertiary/aromatic N) is 4. The molecular formula is C27H38N4O3. The van der Waals surface area contributed by atoms with Crippen LogP contribution in [0.2, 0.25) is 0 Å². The zero-order chi connectivity index (χ0) is 24.2. The first-order valence-corrected chi connectivity index (χ1v) is 12.8. The van der Waals surface area contributed by atoms with Crippen molar-refractivity contribution >= 4 is 11.6 Å². The second-order valence-electron chi connectivity index (χ2n) is 10.2. The maximum atomic E-state index is 13.6. The lowest BCUT2D eigenvalue weighted by atomic mass is 9.94. The van der Waals surface area contributed by atoms with E-state index >= 15 is 0 Å². The highest BCUT2D eigenvalue weighted by Crippen LogP contribution is 2.26. The number of aromatic nitrogens is 2. The molecule has 0 atom stereocenters. The molecule has 184 valence electrons. The lowest BCUT2D eigenvalue weighted by Gasteiger charge is -2.36. The molecule has 2 aliphatic rings. The van der Waals surface area contributed by atoms with E-state index in [0.717, 1.165) is 44.5 Å². The molecule has 0 saturated carbocycles. The molecule has 7 nitrogen and oxygen atoms in total. The van der Waals surface area contributed by atoms with Crippen molar-refractivity contribution in [3.8, 4) is 5.69 Å². The highest BCUT2D eigenvalue weighted by Gasteiger charge is 2.31. The van der Waals surface area contributed by atoms with Gasteiger partial charge in [-0.1, -0.05) is 44.9 Å². The molecule has 7 heteroatoms. The summed E-state index contributed by atoms with van der Waals surface area (Å²) in [6.07, 6.45) is 6.09. The lowest BCUT2D eigenvalue weighted by Crippen LogP contribution is -2.48. The number of carbonyl (C=O) groups excluding carboxylic acids is 1. The van der Waals surface area contributed by atoms with Crippen LogP contribution >= 0.6 is 0 Å². The fourth-order valence-electron chi connectivity index (χ4n) is 5.41. The summed E-state index contributed by atoms with van der Waals surface area (Å²) in [7, 11) is 0. The first-order valence-electron chi connectivity index (χ1n) is 12.8. The number of rotatable bonds is 5. The highest BCUT2D eigenvalue weighted by molar-refractivity contribution is 5.79. The number of para-hydroxylation sites is 1. The van der Waals surface area contributed by atoms with Gasteiger partial charge in [-0.15, -0.1) is 0 Å². The minimum absolute atomic E-state index is 0.0209. The number of hydrogen-bond acceptors (Lipinski definition) is 4. The molecule has 0 bridgehead atoms. The molecule has 1 aromatic carbocycles. The molecule has 0 radical (unpaired) electrons. The number of piperidine rings is 1.